The van der Waals surface area contributed by atoms with Crippen LogP contribution in [0.4, 0.5) is 0 Å². The molecule has 4 heteroatoms. The van der Waals surface area contributed by atoms with Crippen molar-refractivity contribution in [3.8, 4) is 0 Å². The fourth-order valence-corrected chi connectivity index (χ4v) is 2.64. The lowest BCUT2D eigenvalue weighted by Crippen LogP contribution is -2.46. The Kier molecular flexibility index (Phi) is 3.22. The molecule has 0 aliphatic carbocycles. The van der Waals surface area contributed by atoms with Crippen LogP contribution in [0.25, 0.3) is 0 Å². The van der Waals surface area contributed by atoms with Crippen molar-refractivity contribution in [1.82, 2.24) is 4.90 Å². The van der Waals surface area contributed by atoms with Gasteiger partial charge in [0.2, 0.25) is 0 Å². The van der Waals surface area contributed by atoms with Crippen LogP contribution in [-0.2, 0) is 9.59 Å². The van der Waals surface area contributed by atoms with Gasteiger partial charge < -0.3 is 10.0 Å². The minimum Gasteiger partial charge on any atom is -0.379 e. The van der Waals surface area contributed by atoms with Crippen LogP contribution in [0, 0.1) is 0 Å². The summed E-state index contributed by atoms with van der Waals surface area (Å²) in [6.45, 7) is 1.90. The summed E-state index contributed by atoms with van der Waals surface area (Å²) in [5.41, 5.74) is -0.904. The van der Waals surface area contributed by atoms with Crippen LogP contribution in [0.15, 0.2) is 30.3 Å². The average molecular weight is 247 g/mol. The van der Waals surface area contributed by atoms with E-state index in [4.69, 9.17) is 0 Å². The molecule has 1 aliphatic rings. The lowest BCUT2D eigenvalue weighted by atomic mass is 9.78. The van der Waals surface area contributed by atoms with E-state index >= 15 is 0 Å². The van der Waals surface area contributed by atoms with Crippen molar-refractivity contribution in [3.05, 3.63) is 35.9 Å². The first kappa shape index (κ1) is 12.8. The van der Waals surface area contributed by atoms with Crippen LogP contribution < -0.4 is 0 Å². The van der Waals surface area contributed by atoms with Gasteiger partial charge >= 0.3 is 0 Å². The number of likely N-dealkylation sites (N-methyl/N-ethyl adjacent to an activating group) is 1. The SMILES string of the molecule is CC(=O)[C@H](c1ccccc1)[C@]1(O)CCN(C)C1=O. The predicted octanol–water partition coefficient (Wildman–Crippen LogP) is 0.952. The van der Waals surface area contributed by atoms with Gasteiger partial charge in [-0.05, 0) is 12.5 Å². The second-order valence-electron chi connectivity index (χ2n) is 4.86. The first-order valence-electron chi connectivity index (χ1n) is 6.00. The Morgan fingerprint density at radius 1 is 1.39 bits per heavy atom. The van der Waals surface area contributed by atoms with E-state index in [0.717, 1.165) is 0 Å². The zero-order chi connectivity index (χ0) is 13.3. The highest BCUT2D eigenvalue weighted by Gasteiger charge is 2.51. The van der Waals surface area contributed by atoms with Gasteiger partial charge in [-0.15, -0.1) is 0 Å². The summed E-state index contributed by atoms with van der Waals surface area (Å²) < 4.78 is 0. The molecule has 1 amide bonds. The predicted molar refractivity (Wildman–Crippen MR) is 67.1 cm³/mol. The van der Waals surface area contributed by atoms with Gasteiger partial charge in [-0.3, -0.25) is 9.59 Å². The molecule has 1 aliphatic heterocycles. The standard InChI is InChI=1S/C14H17NO3/c1-10(16)12(11-6-4-3-5-7-11)14(18)8-9-15(2)13(14)17/h3-7,12,18H,8-9H2,1-2H3/t12-,14-/m1/s1. The Morgan fingerprint density at radius 3 is 2.44 bits per heavy atom. The van der Waals surface area contributed by atoms with Gasteiger partial charge in [0, 0.05) is 20.0 Å². The Hall–Kier alpha value is -1.68. The van der Waals surface area contributed by atoms with Gasteiger partial charge in [0.25, 0.3) is 5.91 Å². The second kappa shape index (κ2) is 4.53. The van der Waals surface area contributed by atoms with Crippen LogP contribution in [0.1, 0.15) is 24.8 Å². The van der Waals surface area contributed by atoms with E-state index in [0.29, 0.717) is 18.5 Å². The number of amides is 1. The second-order valence-corrected chi connectivity index (χ2v) is 4.86. The monoisotopic (exact) mass is 247 g/mol. The molecule has 0 radical (unpaired) electrons. The molecule has 1 aromatic carbocycles. The Balaban J connectivity index is 2.44. The Bertz CT molecular complexity index is 471. The minimum atomic E-state index is -1.60. The number of rotatable bonds is 3. The molecule has 0 saturated carbocycles. The van der Waals surface area contributed by atoms with Crippen molar-refractivity contribution in [2.24, 2.45) is 0 Å². The molecule has 1 saturated heterocycles. The molecule has 96 valence electrons. The summed E-state index contributed by atoms with van der Waals surface area (Å²) in [5, 5.41) is 10.6. The summed E-state index contributed by atoms with van der Waals surface area (Å²) in [5.74, 6) is -1.34. The van der Waals surface area contributed by atoms with Gasteiger partial charge in [-0.1, -0.05) is 30.3 Å². The summed E-state index contributed by atoms with van der Waals surface area (Å²) in [4.78, 5) is 25.4. The molecular weight excluding hydrogens is 230 g/mol. The largest absolute Gasteiger partial charge is 0.379 e. The maximum Gasteiger partial charge on any atom is 0.255 e. The molecule has 0 bridgehead atoms. The van der Waals surface area contributed by atoms with Gasteiger partial charge in [0.15, 0.2) is 5.60 Å². The zero-order valence-corrected chi connectivity index (χ0v) is 10.6. The van der Waals surface area contributed by atoms with Gasteiger partial charge in [-0.25, -0.2) is 0 Å². The highest BCUT2D eigenvalue weighted by molar-refractivity contribution is 5.97. The molecule has 2 atom stereocenters. The molecule has 1 heterocycles. The fraction of sp³-hybridized carbons (Fsp3) is 0.429. The third-order valence-electron chi connectivity index (χ3n) is 3.56. The molecular formula is C14H17NO3. The third-order valence-corrected chi connectivity index (χ3v) is 3.56. The molecule has 18 heavy (non-hydrogen) atoms. The molecule has 4 nitrogen and oxygen atoms in total. The molecule has 0 spiro atoms. The first-order chi connectivity index (χ1) is 8.47. The van der Waals surface area contributed by atoms with Crippen molar-refractivity contribution in [1.29, 1.82) is 0 Å². The van der Waals surface area contributed by atoms with Crippen molar-refractivity contribution in [2.75, 3.05) is 13.6 Å². The number of hydrogen-bond donors (Lipinski definition) is 1. The van der Waals surface area contributed by atoms with Crippen molar-refractivity contribution >= 4 is 11.7 Å². The van der Waals surface area contributed by atoms with Crippen LogP contribution in [0.3, 0.4) is 0 Å². The molecule has 1 aromatic rings. The van der Waals surface area contributed by atoms with Crippen molar-refractivity contribution in [3.63, 3.8) is 0 Å². The van der Waals surface area contributed by atoms with Crippen LogP contribution in [0.2, 0.25) is 0 Å². The maximum atomic E-state index is 12.1. The first-order valence-corrected chi connectivity index (χ1v) is 6.00. The molecule has 0 unspecified atom stereocenters. The smallest absolute Gasteiger partial charge is 0.255 e. The lowest BCUT2D eigenvalue weighted by Gasteiger charge is -2.29. The number of likely N-dealkylation sites (tertiary alicyclic amines) is 1. The zero-order valence-electron chi connectivity index (χ0n) is 10.6. The summed E-state index contributed by atoms with van der Waals surface area (Å²) >= 11 is 0. The van der Waals surface area contributed by atoms with E-state index < -0.39 is 11.5 Å². The number of carbonyl (C=O) groups excluding carboxylic acids is 2. The van der Waals surface area contributed by atoms with E-state index in [1.54, 1.807) is 31.3 Å². The van der Waals surface area contributed by atoms with E-state index in [2.05, 4.69) is 0 Å². The highest BCUT2D eigenvalue weighted by Crippen LogP contribution is 2.37. The number of nitrogens with zero attached hydrogens (tertiary/aromatic N) is 1. The number of ketones is 1. The third kappa shape index (κ3) is 1.93. The van der Waals surface area contributed by atoms with Crippen LogP contribution in [0.5, 0.6) is 0 Å². The molecule has 0 aromatic heterocycles. The number of hydrogen-bond acceptors (Lipinski definition) is 3. The van der Waals surface area contributed by atoms with E-state index in [1.807, 2.05) is 6.07 Å². The average Bonchev–Trinajstić information content (AvgIpc) is 2.59. The molecule has 2 rings (SSSR count). The Morgan fingerprint density at radius 2 is 2.00 bits per heavy atom. The van der Waals surface area contributed by atoms with Crippen LogP contribution in [-0.4, -0.2) is 40.9 Å². The molecule has 1 fully saturated rings. The normalized spacial score (nSPS) is 25.3. The minimum absolute atomic E-state index is 0.188. The van der Waals surface area contributed by atoms with Gasteiger partial charge in [0.1, 0.15) is 5.78 Å². The van der Waals surface area contributed by atoms with Crippen LogP contribution >= 0.6 is 0 Å². The summed E-state index contributed by atoms with van der Waals surface area (Å²) in [6.07, 6.45) is 0.293. The Labute approximate surface area is 106 Å². The summed E-state index contributed by atoms with van der Waals surface area (Å²) in [7, 11) is 1.64. The highest BCUT2D eigenvalue weighted by atomic mass is 16.3. The summed E-state index contributed by atoms with van der Waals surface area (Å²) in [6, 6.07) is 8.99. The van der Waals surface area contributed by atoms with Crippen molar-refractivity contribution in [2.45, 2.75) is 24.9 Å². The van der Waals surface area contributed by atoms with Gasteiger partial charge in [0.05, 0.1) is 5.92 Å². The maximum absolute atomic E-state index is 12.1. The topological polar surface area (TPSA) is 57.6 Å². The fourth-order valence-electron chi connectivity index (χ4n) is 2.64. The quantitative estimate of drug-likeness (QED) is 0.865. The van der Waals surface area contributed by atoms with Crippen molar-refractivity contribution < 1.29 is 14.7 Å². The molecule has 1 N–H and O–H groups in total. The van der Waals surface area contributed by atoms with E-state index in [-0.39, 0.29) is 11.7 Å². The number of carbonyl (C=O) groups is 2. The number of Topliss-reactive ketones (excluding diaryl/α,β-unsaturated/α-hetero) is 1. The lowest BCUT2D eigenvalue weighted by molar-refractivity contribution is -0.148. The number of benzene rings is 1. The van der Waals surface area contributed by atoms with E-state index in [9.17, 15) is 14.7 Å². The van der Waals surface area contributed by atoms with Gasteiger partial charge in [-0.2, -0.15) is 0 Å². The number of aliphatic hydroxyl groups is 1. The van der Waals surface area contributed by atoms with E-state index in [1.165, 1.54) is 11.8 Å².